The summed E-state index contributed by atoms with van der Waals surface area (Å²) in [5, 5.41) is 3.69. The summed E-state index contributed by atoms with van der Waals surface area (Å²) in [5.74, 6) is 0.0866. The molecule has 1 aliphatic heterocycles. The summed E-state index contributed by atoms with van der Waals surface area (Å²) in [6, 6.07) is 17.9. The molecule has 0 aliphatic carbocycles. The molecule has 0 bridgehead atoms. The van der Waals surface area contributed by atoms with Crippen LogP contribution in [0.5, 0.6) is 11.5 Å². The standard InChI is InChI=1S/C31H35Cl2N3O6S/c1-21(2)18-34-31(38)27(15-22-7-5-4-6-8-22)35(19-23-9-10-24(32)16-26(23)33)30(37)20-36(43(3,39)40)25-11-12-28-29(17-25)42-14-13-41-28/h4-12,16-17,21,27H,13-15,18-20H2,1-3H3,(H,34,38)/t27-/m0/s1. The zero-order valence-electron chi connectivity index (χ0n) is 24.3. The van der Waals surface area contributed by atoms with Crippen LogP contribution in [0.4, 0.5) is 5.69 Å². The van der Waals surface area contributed by atoms with Crippen molar-refractivity contribution < 1.29 is 27.5 Å². The fourth-order valence-electron chi connectivity index (χ4n) is 4.61. The molecule has 3 aromatic carbocycles. The van der Waals surface area contributed by atoms with E-state index in [1.54, 1.807) is 30.3 Å². The number of carbonyl (C=O) groups is 2. The predicted molar refractivity (Wildman–Crippen MR) is 168 cm³/mol. The lowest BCUT2D eigenvalue weighted by molar-refractivity contribution is -0.140. The van der Waals surface area contributed by atoms with E-state index >= 15 is 0 Å². The van der Waals surface area contributed by atoms with E-state index in [1.807, 2.05) is 44.2 Å². The number of rotatable bonds is 12. The molecular formula is C31H35Cl2N3O6S. The molecule has 12 heteroatoms. The molecule has 0 saturated carbocycles. The fourth-order valence-corrected chi connectivity index (χ4v) is 5.92. The van der Waals surface area contributed by atoms with Crippen molar-refractivity contribution in [1.29, 1.82) is 0 Å². The fraction of sp³-hybridized carbons (Fsp3) is 0.355. The number of anilines is 1. The van der Waals surface area contributed by atoms with E-state index in [0.29, 0.717) is 46.9 Å². The van der Waals surface area contributed by atoms with Gasteiger partial charge in [-0.3, -0.25) is 13.9 Å². The molecule has 9 nitrogen and oxygen atoms in total. The van der Waals surface area contributed by atoms with Crippen LogP contribution in [0, 0.1) is 5.92 Å². The zero-order chi connectivity index (χ0) is 31.1. The number of sulfonamides is 1. The van der Waals surface area contributed by atoms with Crippen LogP contribution in [-0.2, 0) is 32.6 Å². The third-order valence-corrected chi connectivity index (χ3v) is 8.53. The van der Waals surface area contributed by atoms with Crippen molar-refractivity contribution in [3.8, 4) is 11.5 Å². The van der Waals surface area contributed by atoms with Gasteiger partial charge >= 0.3 is 0 Å². The van der Waals surface area contributed by atoms with E-state index in [1.165, 1.54) is 11.0 Å². The third-order valence-electron chi connectivity index (χ3n) is 6.80. The average Bonchev–Trinajstić information content (AvgIpc) is 2.97. The maximum absolute atomic E-state index is 14.2. The Morgan fingerprint density at radius 2 is 1.65 bits per heavy atom. The van der Waals surface area contributed by atoms with Crippen LogP contribution in [0.1, 0.15) is 25.0 Å². The molecule has 3 aromatic rings. The van der Waals surface area contributed by atoms with Crippen LogP contribution in [0.2, 0.25) is 10.0 Å². The number of fused-ring (bicyclic) bond motifs is 1. The van der Waals surface area contributed by atoms with Gasteiger partial charge in [-0.15, -0.1) is 0 Å². The minimum Gasteiger partial charge on any atom is -0.486 e. The Bertz CT molecular complexity index is 1550. The largest absolute Gasteiger partial charge is 0.486 e. The SMILES string of the molecule is CC(C)CNC(=O)[C@H](Cc1ccccc1)N(Cc1ccc(Cl)cc1Cl)C(=O)CN(c1ccc2c(c1)OCCO2)S(C)(=O)=O. The molecule has 230 valence electrons. The van der Waals surface area contributed by atoms with E-state index in [-0.39, 0.29) is 30.5 Å². The highest BCUT2D eigenvalue weighted by atomic mass is 35.5. The van der Waals surface area contributed by atoms with E-state index in [0.717, 1.165) is 16.1 Å². The van der Waals surface area contributed by atoms with Gasteiger partial charge in [0.05, 0.1) is 11.9 Å². The van der Waals surface area contributed by atoms with Gasteiger partial charge in [-0.25, -0.2) is 8.42 Å². The molecular weight excluding hydrogens is 613 g/mol. The Morgan fingerprint density at radius 3 is 2.30 bits per heavy atom. The lowest BCUT2D eigenvalue weighted by Crippen LogP contribution is -2.53. The Kier molecular flexibility index (Phi) is 10.8. The van der Waals surface area contributed by atoms with Crippen LogP contribution in [0.25, 0.3) is 0 Å². The lowest BCUT2D eigenvalue weighted by Gasteiger charge is -2.34. The Balaban J connectivity index is 1.74. The number of nitrogens with one attached hydrogen (secondary N) is 1. The number of nitrogens with zero attached hydrogens (tertiary/aromatic N) is 2. The molecule has 0 unspecified atom stereocenters. The Labute approximate surface area is 262 Å². The third kappa shape index (κ3) is 8.78. The van der Waals surface area contributed by atoms with Gasteiger partial charge in [0, 0.05) is 35.6 Å². The van der Waals surface area contributed by atoms with Crippen LogP contribution >= 0.6 is 23.2 Å². The number of hydrogen-bond donors (Lipinski definition) is 1. The molecule has 0 fully saturated rings. The smallest absolute Gasteiger partial charge is 0.244 e. The van der Waals surface area contributed by atoms with Crippen LogP contribution in [0.15, 0.2) is 66.7 Å². The number of amides is 2. The van der Waals surface area contributed by atoms with Gasteiger partial charge in [0.2, 0.25) is 21.8 Å². The molecule has 1 heterocycles. The van der Waals surface area contributed by atoms with Crippen molar-refractivity contribution in [3.05, 3.63) is 87.9 Å². The second kappa shape index (κ2) is 14.3. The van der Waals surface area contributed by atoms with Crippen LogP contribution in [-0.4, -0.2) is 63.7 Å². The number of benzene rings is 3. The summed E-state index contributed by atoms with van der Waals surface area (Å²) in [6.07, 6.45) is 1.22. The molecule has 0 saturated heterocycles. The number of halogens is 2. The molecule has 0 spiro atoms. The van der Waals surface area contributed by atoms with Crippen LogP contribution in [0.3, 0.4) is 0 Å². The second-order valence-corrected chi connectivity index (χ2v) is 13.4. The van der Waals surface area contributed by atoms with Gasteiger partial charge in [0.25, 0.3) is 0 Å². The van der Waals surface area contributed by atoms with E-state index in [2.05, 4.69) is 5.32 Å². The van der Waals surface area contributed by atoms with E-state index in [9.17, 15) is 18.0 Å². The normalized spacial score (nSPS) is 13.3. The van der Waals surface area contributed by atoms with Crippen molar-refractivity contribution in [3.63, 3.8) is 0 Å². The molecule has 1 atom stereocenters. The van der Waals surface area contributed by atoms with Gasteiger partial charge in [-0.2, -0.15) is 0 Å². The first-order chi connectivity index (χ1) is 20.4. The number of hydrogen-bond acceptors (Lipinski definition) is 6. The maximum atomic E-state index is 14.2. The molecule has 1 N–H and O–H groups in total. The van der Waals surface area contributed by atoms with Gasteiger partial charge in [0.15, 0.2) is 11.5 Å². The molecule has 0 aromatic heterocycles. The topological polar surface area (TPSA) is 105 Å². The Hall–Kier alpha value is -3.47. The van der Waals surface area contributed by atoms with Crippen molar-refractivity contribution in [2.24, 2.45) is 5.92 Å². The van der Waals surface area contributed by atoms with Gasteiger partial charge in [-0.05, 0) is 41.3 Å². The summed E-state index contributed by atoms with van der Waals surface area (Å²) in [6.45, 7) is 4.43. The van der Waals surface area contributed by atoms with Crippen molar-refractivity contribution in [2.45, 2.75) is 32.9 Å². The Morgan fingerprint density at radius 1 is 0.953 bits per heavy atom. The monoisotopic (exact) mass is 647 g/mol. The molecule has 2 amide bonds. The maximum Gasteiger partial charge on any atom is 0.244 e. The first-order valence-corrected chi connectivity index (χ1v) is 16.4. The average molecular weight is 649 g/mol. The number of carbonyl (C=O) groups excluding carboxylic acids is 2. The molecule has 4 rings (SSSR count). The first kappa shape index (κ1) is 32.4. The quantitative estimate of drug-likeness (QED) is 0.298. The minimum atomic E-state index is -3.94. The second-order valence-electron chi connectivity index (χ2n) is 10.7. The first-order valence-electron chi connectivity index (χ1n) is 13.8. The highest BCUT2D eigenvalue weighted by molar-refractivity contribution is 7.92. The van der Waals surface area contributed by atoms with Crippen LogP contribution < -0.4 is 19.1 Å². The zero-order valence-corrected chi connectivity index (χ0v) is 26.6. The summed E-state index contributed by atoms with van der Waals surface area (Å²) >= 11 is 12.6. The van der Waals surface area contributed by atoms with Crippen molar-refractivity contribution in [1.82, 2.24) is 10.2 Å². The van der Waals surface area contributed by atoms with Gasteiger partial charge < -0.3 is 19.7 Å². The van der Waals surface area contributed by atoms with E-state index in [4.69, 9.17) is 32.7 Å². The molecule has 0 radical (unpaired) electrons. The predicted octanol–water partition coefficient (Wildman–Crippen LogP) is 4.94. The highest BCUT2D eigenvalue weighted by Crippen LogP contribution is 2.35. The van der Waals surface area contributed by atoms with Crippen molar-refractivity contribution in [2.75, 3.05) is 36.9 Å². The molecule has 43 heavy (non-hydrogen) atoms. The summed E-state index contributed by atoms with van der Waals surface area (Å²) in [5.41, 5.74) is 1.62. The summed E-state index contributed by atoms with van der Waals surface area (Å²) < 4.78 is 38.3. The molecule has 1 aliphatic rings. The lowest BCUT2D eigenvalue weighted by atomic mass is 10.0. The minimum absolute atomic E-state index is 0.0554. The van der Waals surface area contributed by atoms with Gasteiger partial charge in [-0.1, -0.05) is 73.4 Å². The summed E-state index contributed by atoms with van der Waals surface area (Å²) in [4.78, 5) is 29.3. The van der Waals surface area contributed by atoms with E-state index < -0.39 is 28.5 Å². The number of ether oxygens (including phenoxy) is 2. The van der Waals surface area contributed by atoms with Gasteiger partial charge in [0.1, 0.15) is 25.8 Å². The highest BCUT2D eigenvalue weighted by Gasteiger charge is 2.33. The van der Waals surface area contributed by atoms with Crippen molar-refractivity contribution >= 4 is 50.7 Å². The summed E-state index contributed by atoms with van der Waals surface area (Å²) in [7, 11) is -3.94.